The molecule has 4 saturated heterocycles. The molecule has 4 heterocycles. The number of nitrogens with two attached hydrogens (primary N) is 1. The summed E-state index contributed by atoms with van der Waals surface area (Å²) in [5.41, 5.74) is 12.0. The van der Waals surface area contributed by atoms with Crippen molar-refractivity contribution in [3.8, 4) is 0 Å². The Kier molecular flexibility index (Phi) is 18.4. The first-order valence-electron chi connectivity index (χ1n) is 34.1. The Morgan fingerprint density at radius 1 is 0.636 bits per heavy atom. The van der Waals surface area contributed by atoms with E-state index in [0.29, 0.717) is 37.1 Å². The van der Waals surface area contributed by atoms with Crippen LogP contribution in [0.3, 0.4) is 0 Å². The van der Waals surface area contributed by atoms with Gasteiger partial charge >= 0.3 is 5.97 Å². The Balaban J connectivity index is 0.805. The third-order valence-corrected chi connectivity index (χ3v) is 25.3. The van der Waals surface area contributed by atoms with E-state index < -0.39 is 72.7 Å². The van der Waals surface area contributed by atoms with E-state index in [1.54, 1.807) is 0 Å². The summed E-state index contributed by atoms with van der Waals surface area (Å²) in [7, 11) is 0. The number of rotatable bonds is 17. The van der Waals surface area contributed by atoms with Gasteiger partial charge in [-0.1, -0.05) is 178 Å². The zero-order valence-corrected chi connectivity index (χ0v) is 55.4. The molecule has 4 aliphatic heterocycles. The molecular weight excluding hydrogens is 1110 g/mol. The van der Waals surface area contributed by atoms with Crippen LogP contribution >= 0.6 is 0 Å². The number of hydrogen-bond acceptors (Lipinski definition) is 13. The van der Waals surface area contributed by atoms with E-state index in [2.05, 4.69) is 99.6 Å². The summed E-state index contributed by atoms with van der Waals surface area (Å²) in [6, 6.07) is 29.9. The number of allylic oxidation sites excluding steroid dienone is 2. The highest BCUT2D eigenvalue weighted by Gasteiger charge is 2.70. The van der Waals surface area contributed by atoms with Crippen molar-refractivity contribution in [3.05, 3.63) is 119 Å². The van der Waals surface area contributed by atoms with Gasteiger partial charge in [0.2, 0.25) is 6.29 Å². The van der Waals surface area contributed by atoms with Crippen LogP contribution in [-0.4, -0.2) is 98.7 Å². The van der Waals surface area contributed by atoms with Crippen molar-refractivity contribution in [1.29, 1.82) is 0 Å². The zero-order valence-electron chi connectivity index (χ0n) is 55.4. The number of hydrogen-bond donors (Lipinski definition) is 1. The predicted octanol–water partition coefficient (Wildman–Crippen LogP) is 14.5. The van der Waals surface area contributed by atoms with Crippen LogP contribution in [0.4, 0.5) is 0 Å². The van der Waals surface area contributed by atoms with Gasteiger partial charge in [0.15, 0.2) is 18.4 Å². The fourth-order valence-corrected chi connectivity index (χ4v) is 19.4. The fraction of sp³-hybridized carbons (Fsp3) is 0.720. The number of carbonyl (C=O) groups excluding carboxylic acids is 1. The summed E-state index contributed by atoms with van der Waals surface area (Å²) >= 11 is 0. The SMILES string of the molecule is CC[C@]1(C)[C@@H]2CC[C@@]3(C)C(CC=C4C5CC(C)(C)CC[C@]5(C(=O)O[C@@H]5OC(COCc6ccccc6)[C@H](N)C(C)C5O[C@@H]5OC(C)[C@H](O[C@@H]6OC[C@@H](OCc7ccccc7)C(OCc7ccccc7)C6C)C6OC(C)(C)OC65)CC[C@]43C)C2(C)CC[C@@H]1C. The van der Waals surface area contributed by atoms with Gasteiger partial charge in [0, 0.05) is 17.9 Å². The number of ether oxygens (including phenoxy) is 11. The average molecular weight is 1210 g/mol. The molecule has 0 aromatic heterocycles. The van der Waals surface area contributed by atoms with Crippen LogP contribution in [0.15, 0.2) is 103 Å². The van der Waals surface area contributed by atoms with Gasteiger partial charge in [-0.15, -0.1) is 0 Å². The highest BCUT2D eigenvalue weighted by molar-refractivity contribution is 5.79. The smallest absolute Gasteiger partial charge is 0.315 e. The normalized spacial score (nSPS) is 44.3. The van der Waals surface area contributed by atoms with Crippen molar-refractivity contribution < 1.29 is 56.9 Å². The van der Waals surface area contributed by atoms with E-state index in [9.17, 15) is 0 Å². The Morgan fingerprint density at radius 2 is 1.26 bits per heavy atom. The maximum atomic E-state index is 16.1. The highest BCUT2D eigenvalue weighted by Crippen LogP contribution is 2.76. The van der Waals surface area contributed by atoms with E-state index in [-0.39, 0.29) is 70.8 Å². The molecule has 9 aliphatic rings. The number of carbonyl (C=O) groups is 1. The van der Waals surface area contributed by atoms with E-state index in [1.807, 2.05) is 87.5 Å². The highest BCUT2D eigenvalue weighted by atomic mass is 16.8. The lowest BCUT2D eigenvalue weighted by Gasteiger charge is -2.71. The van der Waals surface area contributed by atoms with Crippen molar-refractivity contribution in [2.75, 3.05) is 13.2 Å². The van der Waals surface area contributed by atoms with Crippen LogP contribution in [0.1, 0.15) is 177 Å². The Hall–Kier alpha value is -3.57. The molecule has 0 spiro atoms. The zero-order chi connectivity index (χ0) is 62.2. The third-order valence-electron chi connectivity index (χ3n) is 25.3. The van der Waals surface area contributed by atoms with Crippen molar-refractivity contribution >= 4 is 5.97 Å². The van der Waals surface area contributed by atoms with E-state index in [0.717, 1.165) is 61.1 Å². The van der Waals surface area contributed by atoms with Gasteiger partial charge in [-0.05, 0) is 152 Å². The summed E-state index contributed by atoms with van der Waals surface area (Å²) in [4.78, 5) is 16.1. The number of benzene rings is 3. The molecule has 0 bridgehead atoms. The second-order valence-electron chi connectivity index (χ2n) is 31.2. The molecule has 4 saturated carbocycles. The second-order valence-corrected chi connectivity index (χ2v) is 31.2. The molecule has 3 aromatic rings. The van der Waals surface area contributed by atoms with Crippen molar-refractivity contribution in [2.45, 2.75) is 260 Å². The summed E-state index contributed by atoms with van der Waals surface area (Å²) in [5, 5.41) is 0. The van der Waals surface area contributed by atoms with E-state index >= 15 is 4.79 Å². The van der Waals surface area contributed by atoms with Gasteiger partial charge in [0.1, 0.15) is 36.6 Å². The Bertz CT molecular complexity index is 2890. The molecule has 13 heteroatoms. The van der Waals surface area contributed by atoms with Crippen LogP contribution < -0.4 is 5.73 Å². The molecule has 12 rings (SSSR count). The molecular formula is C75H107NO12. The van der Waals surface area contributed by atoms with Gasteiger partial charge in [-0.2, -0.15) is 0 Å². The summed E-state index contributed by atoms with van der Waals surface area (Å²) < 4.78 is 75.4. The first-order valence-corrected chi connectivity index (χ1v) is 34.1. The Labute approximate surface area is 526 Å². The van der Waals surface area contributed by atoms with Crippen LogP contribution in [0.25, 0.3) is 0 Å². The van der Waals surface area contributed by atoms with Crippen LogP contribution in [-0.2, 0) is 76.7 Å². The standard InChI is InChI=1S/C75H107NO12/c1-14-71(10)46(2)32-34-72(11)57(71)33-35-74(13)58(72)31-30-53-54-40-69(6,7)36-38-75(54,39-37-73(53,74)12)68(77)86-66-61(47(3)59(76)55(83-66)44-78-41-50-24-18-15-19-25-50)84-67-64-63(87-70(8,9)88-64)62(49(5)82-67)85-65-48(4)60(80-43-52-28-22-17-23-29-52)56(45-81-65)79-42-51-26-20-16-21-27-51/h15-30,46-49,54-67H,14,31-45,76H2,1-13H3/t46-,47?,48?,49?,54?,55?,56+,57-,58?,59+,60?,61?,62-,63?,64?,65-,66-,67-,71-,72?,73+,74-,75-/m0/s1. The molecule has 23 atom stereocenters. The average Bonchev–Trinajstić information content (AvgIpc) is 0.778. The maximum Gasteiger partial charge on any atom is 0.315 e. The minimum absolute atomic E-state index is 0.0338. The van der Waals surface area contributed by atoms with Crippen molar-refractivity contribution in [3.63, 3.8) is 0 Å². The molecule has 88 heavy (non-hydrogen) atoms. The summed E-state index contributed by atoms with van der Waals surface area (Å²) in [5.74, 6) is 0.225. The van der Waals surface area contributed by atoms with Crippen molar-refractivity contribution in [2.24, 2.45) is 73.7 Å². The van der Waals surface area contributed by atoms with Crippen LogP contribution in [0, 0.1) is 68.0 Å². The van der Waals surface area contributed by atoms with Gasteiger partial charge in [0.25, 0.3) is 0 Å². The first-order chi connectivity index (χ1) is 41.9. The monoisotopic (exact) mass is 1210 g/mol. The molecule has 8 fully saturated rings. The lowest BCUT2D eigenvalue weighted by Crippen LogP contribution is -2.65. The van der Waals surface area contributed by atoms with Gasteiger partial charge < -0.3 is 57.8 Å². The molecule has 13 nitrogen and oxygen atoms in total. The van der Waals surface area contributed by atoms with Crippen LogP contribution in [0.5, 0.6) is 0 Å². The third kappa shape index (κ3) is 11.8. The lowest BCUT2D eigenvalue weighted by molar-refractivity contribution is -0.353. The van der Waals surface area contributed by atoms with Gasteiger partial charge in [-0.3, -0.25) is 4.79 Å². The number of fused-ring (bicyclic) bond motifs is 8. The van der Waals surface area contributed by atoms with E-state index in [1.165, 1.54) is 37.7 Å². The minimum Gasteiger partial charge on any atom is -0.432 e. The van der Waals surface area contributed by atoms with Crippen LogP contribution in [0.2, 0.25) is 0 Å². The molecule has 5 aliphatic carbocycles. The largest absolute Gasteiger partial charge is 0.432 e. The minimum atomic E-state index is -1.13. The maximum absolute atomic E-state index is 16.1. The molecule has 3 aromatic carbocycles. The predicted molar refractivity (Wildman–Crippen MR) is 338 cm³/mol. The second kappa shape index (κ2) is 25.1. The summed E-state index contributed by atoms with van der Waals surface area (Å²) in [6.45, 7) is 32.0. The lowest BCUT2D eigenvalue weighted by atomic mass is 9.33. The molecule has 2 N–H and O–H groups in total. The number of esters is 1. The first kappa shape index (κ1) is 64.5. The summed E-state index contributed by atoms with van der Waals surface area (Å²) in [6.07, 6.45) is 6.91. The van der Waals surface area contributed by atoms with E-state index in [4.69, 9.17) is 57.8 Å². The Morgan fingerprint density at radius 3 is 1.93 bits per heavy atom. The topological polar surface area (TPSA) is 145 Å². The quantitative estimate of drug-likeness (QED) is 0.101. The van der Waals surface area contributed by atoms with Gasteiger partial charge in [-0.25, -0.2) is 0 Å². The molecule has 0 radical (unpaired) electrons. The molecule has 0 amide bonds. The van der Waals surface area contributed by atoms with Gasteiger partial charge in [0.05, 0.1) is 50.7 Å². The molecule has 484 valence electrons. The van der Waals surface area contributed by atoms with Crippen molar-refractivity contribution in [1.82, 2.24) is 0 Å². The molecule has 11 unspecified atom stereocenters. The fourth-order valence-electron chi connectivity index (χ4n) is 19.4.